The summed E-state index contributed by atoms with van der Waals surface area (Å²) in [6.07, 6.45) is 8.85. The Hall–Kier alpha value is 0.828. The van der Waals surface area contributed by atoms with Crippen molar-refractivity contribution in [3.05, 3.63) is 29.3 Å². The van der Waals surface area contributed by atoms with E-state index in [9.17, 15) is 0 Å². The molecule has 0 atom stereocenters. The summed E-state index contributed by atoms with van der Waals surface area (Å²) in [4.78, 5) is 0. The number of benzene rings is 1. The van der Waals surface area contributed by atoms with Gasteiger partial charge >= 0.3 is 154 Å². The average molecular weight is 481 g/mol. The molecular formula is C18H31ClSeSn. The third kappa shape index (κ3) is 14.2. The molecule has 0 aliphatic heterocycles. The molecule has 0 heterocycles. The fourth-order valence-electron chi connectivity index (χ4n) is 2.09. The van der Waals surface area contributed by atoms with Gasteiger partial charge in [0.1, 0.15) is 0 Å². The Morgan fingerprint density at radius 1 is 0.810 bits per heavy atom. The van der Waals surface area contributed by atoms with Crippen molar-refractivity contribution in [3.63, 3.8) is 0 Å². The monoisotopic (exact) mass is 482 g/mol. The van der Waals surface area contributed by atoms with E-state index in [0.29, 0.717) is 0 Å². The van der Waals surface area contributed by atoms with E-state index in [-0.39, 0.29) is 0 Å². The van der Waals surface area contributed by atoms with Gasteiger partial charge in [-0.25, -0.2) is 0 Å². The normalized spacial score (nSPS) is 9.90. The van der Waals surface area contributed by atoms with Crippen LogP contribution in [0.15, 0.2) is 24.3 Å². The second kappa shape index (κ2) is 15.7. The van der Waals surface area contributed by atoms with Gasteiger partial charge < -0.3 is 0 Å². The van der Waals surface area contributed by atoms with Gasteiger partial charge in [0.2, 0.25) is 0 Å². The maximum absolute atomic E-state index is 5.60. The Morgan fingerprint density at radius 2 is 1.19 bits per heavy atom. The van der Waals surface area contributed by atoms with Crippen molar-refractivity contribution in [1.29, 1.82) is 0 Å². The Labute approximate surface area is 153 Å². The van der Waals surface area contributed by atoms with Gasteiger partial charge in [0, 0.05) is 0 Å². The summed E-state index contributed by atoms with van der Waals surface area (Å²) in [5.74, 6) is 0. The van der Waals surface area contributed by atoms with Crippen molar-refractivity contribution in [1.82, 2.24) is 0 Å². The van der Waals surface area contributed by atoms with Crippen LogP contribution in [-0.4, -0.2) is 35.8 Å². The van der Waals surface area contributed by atoms with Crippen LogP contribution in [0.4, 0.5) is 0 Å². The predicted molar refractivity (Wildman–Crippen MR) is 102 cm³/mol. The minimum absolute atomic E-state index is 0.781. The van der Waals surface area contributed by atoms with Gasteiger partial charge in [-0.1, -0.05) is 0 Å². The summed E-state index contributed by atoms with van der Waals surface area (Å²) in [7, 11) is 0. The van der Waals surface area contributed by atoms with E-state index in [4.69, 9.17) is 11.6 Å². The average Bonchev–Trinajstić information content (AvgIpc) is 2.50. The molecule has 0 aliphatic carbocycles. The fraction of sp³-hybridized carbons (Fsp3) is 0.667. The summed E-state index contributed by atoms with van der Waals surface area (Å²) in [6.45, 7) is 7.00. The van der Waals surface area contributed by atoms with Gasteiger partial charge in [-0.15, -0.1) is 0 Å². The summed E-state index contributed by atoms with van der Waals surface area (Å²) < 4.78 is 6.16. The van der Waals surface area contributed by atoms with Crippen LogP contribution >= 0.6 is 11.6 Å². The van der Waals surface area contributed by atoms with Gasteiger partial charge in [0.15, 0.2) is 0 Å². The van der Waals surface area contributed by atoms with Crippen LogP contribution in [0.1, 0.15) is 59.3 Å². The van der Waals surface area contributed by atoms with Crippen LogP contribution in [0.25, 0.3) is 0 Å². The fourth-order valence-corrected chi connectivity index (χ4v) is 12.0. The quantitative estimate of drug-likeness (QED) is 0.380. The van der Waals surface area contributed by atoms with Crippen molar-refractivity contribution >= 4 is 51.8 Å². The van der Waals surface area contributed by atoms with Crippen LogP contribution in [0.3, 0.4) is 0 Å². The molecule has 0 nitrogen and oxygen atoms in total. The van der Waals surface area contributed by atoms with Gasteiger partial charge in [0.05, 0.1) is 0 Å². The van der Waals surface area contributed by atoms with Crippen LogP contribution in [0.5, 0.6) is 0 Å². The van der Waals surface area contributed by atoms with Crippen molar-refractivity contribution in [2.45, 2.75) is 72.6 Å². The minimum atomic E-state index is -0.839. The number of hydrogen-bond donors (Lipinski definition) is 0. The first-order chi connectivity index (χ1) is 10.1. The number of halogens is 1. The zero-order valence-corrected chi connectivity index (χ0v) is 19.3. The molecule has 0 spiro atoms. The summed E-state index contributed by atoms with van der Waals surface area (Å²) in [5, 5.41) is 0.781. The molecule has 0 aromatic heterocycles. The third-order valence-electron chi connectivity index (χ3n) is 3.47. The molecule has 0 aliphatic rings. The standard InChI is InChI=1S/C6H5ClSe.3C4H9.Sn/c7-5-1-3-6(8)4-2-5;3*1-3-4-2;/h1-4,8H;3*1,3-4H2,2H3;/q;;;;+1/p-1. The molecule has 0 fully saturated rings. The first kappa shape index (κ1) is 21.8. The van der Waals surface area contributed by atoms with Gasteiger partial charge in [-0.3, -0.25) is 0 Å². The molecule has 1 aromatic rings. The second-order valence-electron chi connectivity index (χ2n) is 5.51. The number of hydrogen-bond acceptors (Lipinski definition) is 0. The van der Waals surface area contributed by atoms with Gasteiger partial charge in [0.25, 0.3) is 0 Å². The van der Waals surface area contributed by atoms with Crippen LogP contribution < -0.4 is 4.46 Å². The Balaban J connectivity index is 0.000000423. The molecule has 1 aromatic carbocycles. The zero-order chi connectivity index (χ0) is 15.9. The maximum atomic E-state index is 5.60. The predicted octanol–water partition coefficient (Wildman–Crippen LogP) is 6.02. The van der Waals surface area contributed by atoms with E-state index >= 15 is 0 Å². The van der Waals surface area contributed by atoms with E-state index in [1.165, 1.54) is 38.5 Å². The second-order valence-corrected chi connectivity index (χ2v) is 15.5. The Morgan fingerprint density at radius 3 is 1.48 bits per heavy atom. The van der Waals surface area contributed by atoms with Crippen molar-refractivity contribution in [2.75, 3.05) is 0 Å². The molecule has 0 unspecified atom stereocenters. The molecule has 0 radical (unpaired) electrons. The van der Waals surface area contributed by atoms with Crippen molar-refractivity contribution in [3.8, 4) is 0 Å². The van der Waals surface area contributed by atoms with Crippen molar-refractivity contribution < 1.29 is 0 Å². The van der Waals surface area contributed by atoms with Crippen LogP contribution in [0.2, 0.25) is 18.3 Å². The molecule has 0 saturated carbocycles. The molecule has 0 saturated heterocycles. The number of unbranched alkanes of at least 4 members (excludes halogenated alkanes) is 3. The van der Waals surface area contributed by atoms with E-state index in [0.717, 1.165) is 9.48 Å². The molecule has 3 heteroatoms. The topological polar surface area (TPSA) is 0 Å². The molecule has 0 bridgehead atoms. The molecular weight excluding hydrogens is 449 g/mol. The van der Waals surface area contributed by atoms with Gasteiger partial charge in [-0.05, 0) is 0 Å². The van der Waals surface area contributed by atoms with E-state index in [2.05, 4.69) is 36.8 Å². The first-order valence-corrected chi connectivity index (χ1v) is 15.7. The first-order valence-electron chi connectivity index (χ1n) is 8.40. The molecule has 0 amide bonds. The molecule has 0 N–H and O–H groups in total. The molecule has 120 valence electrons. The van der Waals surface area contributed by atoms with Gasteiger partial charge in [-0.2, -0.15) is 0 Å². The van der Waals surface area contributed by atoms with Crippen LogP contribution in [0, 0.1) is 0 Å². The molecule has 21 heavy (non-hydrogen) atoms. The third-order valence-corrected chi connectivity index (χ3v) is 13.4. The van der Waals surface area contributed by atoms with Crippen molar-refractivity contribution in [2.24, 2.45) is 0 Å². The summed E-state index contributed by atoms with van der Waals surface area (Å²) in [5.41, 5.74) is 0. The summed E-state index contributed by atoms with van der Waals surface area (Å²) in [6, 6.07) is 7.57. The SMILES string of the molecule is CCC[CH2][Sn+]([CH2]CCC)[CH2]CCC.Clc1ccc([Se-])cc1. The van der Waals surface area contributed by atoms with E-state index in [1.807, 2.05) is 24.3 Å². The Kier molecular flexibility index (Phi) is 16.3. The van der Waals surface area contributed by atoms with E-state index in [1.54, 1.807) is 13.3 Å². The summed E-state index contributed by atoms with van der Waals surface area (Å²) >= 11 is 7.63. The zero-order valence-electron chi connectivity index (χ0n) is 14.0. The van der Waals surface area contributed by atoms with Crippen LogP contribution in [-0.2, 0) is 0 Å². The molecule has 1 rings (SSSR count). The Bertz CT molecular complexity index is 286. The van der Waals surface area contributed by atoms with E-state index < -0.39 is 19.8 Å². The number of rotatable bonds is 9.